The fourth-order valence-corrected chi connectivity index (χ4v) is 2.27. The Hall–Kier alpha value is -2.31. The number of hydrogen-bond donors (Lipinski definition) is 1. The van der Waals surface area contributed by atoms with E-state index in [1.54, 1.807) is 24.3 Å². The molecule has 0 aliphatic carbocycles. The number of carbonyl (C=O) groups is 2. The van der Waals surface area contributed by atoms with Crippen molar-refractivity contribution in [2.75, 3.05) is 13.2 Å². The minimum atomic E-state index is -0.743. The number of ether oxygens (including phenoxy) is 2. The highest BCUT2D eigenvalue weighted by molar-refractivity contribution is 6.35. The zero-order chi connectivity index (χ0) is 18.2. The standard InChI is InChI=1S/C17H14Cl2FNO4/c18-12-5-6-15(13(19)7-12)24-10-17(23)25-9-16(22)21-8-11-3-1-2-4-14(11)20/h1-7H,8-10H2,(H,21,22). The molecule has 2 rings (SSSR count). The van der Waals surface area contributed by atoms with Gasteiger partial charge in [0.05, 0.1) is 5.02 Å². The van der Waals surface area contributed by atoms with Crippen LogP contribution >= 0.6 is 23.2 Å². The first-order valence-corrected chi connectivity index (χ1v) is 7.95. The molecule has 2 aromatic carbocycles. The van der Waals surface area contributed by atoms with Gasteiger partial charge in [-0.2, -0.15) is 0 Å². The monoisotopic (exact) mass is 385 g/mol. The molecule has 0 saturated heterocycles. The number of rotatable bonds is 7. The van der Waals surface area contributed by atoms with E-state index in [-0.39, 0.29) is 17.3 Å². The van der Waals surface area contributed by atoms with Gasteiger partial charge in [0.2, 0.25) is 0 Å². The highest BCUT2D eigenvalue weighted by Gasteiger charge is 2.10. The molecule has 0 aliphatic rings. The average Bonchev–Trinajstić information content (AvgIpc) is 2.58. The summed E-state index contributed by atoms with van der Waals surface area (Å²) < 4.78 is 23.4. The van der Waals surface area contributed by atoms with Crippen LogP contribution in [0.2, 0.25) is 10.0 Å². The summed E-state index contributed by atoms with van der Waals surface area (Å²) in [7, 11) is 0. The van der Waals surface area contributed by atoms with E-state index in [4.69, 9.17) is 32.7 Å². The molecule has 8 heteroatoms. The maximum Gasteiger partial charge on any atom is 0.344 e. The maximum absolute atomic E-state index is 13.4. The van der Waals surface area contributed by atoms with Gasteiger partial charge in [-0.1, -0.05) is 41.4 Å². The molecule has 0 fully saturated rings. The molecule has 25 heavy (non-hydrogen) atoms. The number of halogens is 3. The summed E-state index contributed by atoms with van der Waals surface area (Å²) in [5.74, 6) is -1.45. The average molecular weight is 386 g/mol. The molecular weight excluding hydrogens is 372 g/mol. The van der Waals surface area contributed by atoms with Crippen molar-refractivity contribution >= 4 is 35.1 Å². The van der Waals surface area contributed by atoms with Gasteiger partial charge >= 0.3 is 5.97 Å². The van der Waals surface area contributed by atoms with Crippen LogP contribution in [0, 0.1) is 5.82 Å². The molecule has 0 saturated carbocycles. The van der Waals surface area contributed by atoms with Gasteiger partial charge in [-0.3, -0.25) is 4.79 Å². The Morgan fingerprint density at radius 3 is 2.56 bits per heavy atom. The van der Waals surface area contributed by atoms with Crippen molar-refractivity contribution in [2.45, 2.75) is 6.54 Å². The number of hydrogen-bond acceptors (Lipinski definition) is 4. The van der Waals surface area contributed by atoms with Crippen molar-refractivity contribution in [3.8, 4) is 5.75 Å². The van der Waals surface area contributed by atoms with Gasteiger partial charge in [-0.05, 0) is 24.3 Å². The molecule has 0 aromatic heterocycles. The fourth-order valence-electron chi connectivity index (χ4n) is 1.80. The van der Waals surface area contributed by atoms with Gasteiger partial charge in [0.25, 0.3) is 5.91 Å². The molecule has 0 unspecified atom stereocenters. The van der Waals surface area contributed by atoms with Crippen LogP contribution < -0.4 is 10.1 Å². The van der Waals surface area contributed by atoms with Crippen LogP contribution in [0.5, 0.6) is 5.75 Å². The van der Waals surface area contributed by atoms with E-state index in [2.05, 4.69) is 5.32 Å². The van der Waals surface area contributed by atoms with E-state index in [1.807, 2.05) is 0 Å². The zero-order valence-corrected chi connectivity index (χ0v) is 14.4. The molecule has 0 heterocycles. The molecule has 0 bridgehead atoms. The minimum absolute atomic E-state index is 0.0000597. The summed E-state index contributed by atoms with van der Waals surface area (Å²) >= 11 is 11.6. The highest BCUT2D eigenvalue weighted by Crippen LogP contribution is 2.27. The predicted octanol–water partition coefficient (Wildman–Crippen LogP) is 3.37. The molecule has 132 valence electrons. The number of carbonyl (C=O) groups excluding carboxylic acids is 2. The summed E-state index contributed by atoms with van der Waals surface area (Å²) in [6.45, 7) is -0.910. The van der Waals surface area contributed by atoms with Crippen molar-refractivity contribution in [3.63, 3.8) is 0 Å². The third-order valence-corrected chi connectivity index (χ3v) is 3.57. The van der Waals surface area contributed by atoms with Crippen LogP contribution in [-0.4, -0.2) is 25.1 Å². The largest absolute Gasteiger partial charge is 0.480 e. The van der Waals surface area contributed by atoms with E-state index in [9.17, 15) is 14.0 Å². The first-order valence-electron chi connectivity index (χ1n) is 7.19. The Labute approximate surface area is 153 Å². The van der Waals surface area contributed by atoms with Gasteiger partial charge < -0.3 is 14.8 Å². The molecule has 1 N–H and O–H groups in total. The van der Waals surface area contributed by atoms with Crippen LogP contribution in [-0.2, 0) is 20.9 Å². The van der Waals surface area contributed by atoms with Gasteiger partial charge in [0.1, 0.15) is 11.6 Å². The lowest BCUT2D eigenvalue weighted by atomic mass is 10.2. The summed E-state index contributed by atoms with van der Waals surface area (Å²) in [4.78, 5) is 23.2. The third kappa shape index (κ3) is 6.25. The van der Waals surface area contributed by atoms with E-state index >= 15 is 0 Å². The van der Waals surface area contributed by atoms with Crippen molar-refractivity contribution in [3.05, 3.63) is 63.9 Å². The van der Waals surface area contributed by atoms with Gasteiger partial charge in [-0.15, -0.1) is 0 Å². The molecule has 1 amide bonds. The highest BCUT2D eigenvalue weighted by atomic mass is 35.5. The first-order chi connectivity index (χ1) is 12.0. The normalized spacial score (nSPS) is 10.2. The quantitative estimate of drug-likeness (QED) is 0.742. The van der Waals surface area contributed by atoms with E-state index in [1.165, 1.54) is 18.2 Å². The zero-order valence-electron chi connectivity index (χ0n) is 12.9. The summed E-state index contributed by atoms with van der Waals surface area (Å²) in [5, 5.41) is 3.14. The summed E-state index contributed by atoms with van der Waals surface area (Å²) in [6, 6.07) is 10.6. The Kier molecular flexibility index (Phi) is 7.03. The molecule has 5 nitrogen and oxygen atoms in total. The number of esters is 1. The second kappa shape index (κ2) is 9.25. The Balaban J connectivity index is 1.70. The van der Waals surface area contributed by atoms with Gasteiger partial charge in [0.15, 0.2) is 13.2 Å². The molecule has 0 atom stereocenters. The van der Waals surface area contributed by atoms with E-state index in [0.717, 1.165) is 0 Å². The smallest absolute Gasteiger partial charge is 0.344 e. The third-order valence-electron chi connectivity index (χ3n) is 3.04. The Bertz CT molecular complexity index is 770. The number of benzene rings is 2. The van der Waals surface area contributed by atoms with E-state index in [0.29, 0.717) is 10.6 Å². The second-order valence-electron chi connectivity index (χ2n) is 4.89. The summed E-state index contributed by atoms with van der Waals surface area (Å²) in [5.41, 5.74) is 0.336. The molecular formula is C17H14Cl2FNO4. The number of amides is 1. The van der Waals surface area contributed by atoms with Crippen LogP contribution in [0.1, 0.15) is 5.56 Å². The van der Waals surface area contributed by atoms with Crippen LogP contribution in [0.4, 0.5) is 4.39 Å². The fraction of sp³-hybridized carbons (Fsp3) is 0.176. The lowest BCUT2D eigenvalue weighted by Crippen LogP contribution is -2.29. The maximum atomic E-state index is 13.4. The molecule has 2 aromatic rings. The predicted molar refractivity (Wildman–Crippen MR) is 91.2 cm³/mol. The number of nitrogens with one attached hydrogen (secondary N) is 1. The second-order valence-corrected chi connectivity index (χ2v) is 5.74. The van der Waals surface area contributed by atoms with Crippen LogP contribution in [0.3, 0.4) is 0 Å². The van der Waals surface area contributed by atoms with E-state index < -0.39 is 30.9 Å². The topological polar surface area (TPSA) is 64.6 Å². The first kappa shape index (κ1) is 19.0. The molecule has 0 radical (unpaired) electrons. The van der Waals surface area contributed by atoms with Crippen molar-refractivity contribution in [1.82, 2.24) is 5.32 Å². The van der Waals surface area contributed by atoms with Gasteiger partial charge in [0, 0.05) is 17.1 Å². The van der Waals surface area contributed by atoms with Crippen molar-refractivity contribution < 1.29 is 23.5 Å². The summed E-state index contributed by atoms with van der Waals surface area (Å²) in [6.07, 6.45) is 0. The van der Waals surface area contributed by atoms with Crippen LogP contribution in [0.25, 0.3) is 0 Å². The van der Waals surface area contributed by atoms with Crippen molar-refractivity contribution in [2.24, 2.45) is 0 Å². The molecule has 0 spiro atoms. The SMILES string of the molecule is O=C(COC(=O)COc1ccc(Cl)cc1Cl)NCc1ccccc1F. The van der Waals surface area contributed by atoms with Crippen LogP contribution in [0.15, 0.2) is 42.5 Å². The van der Waals surface area contributed by atoms with Gasteiger partial charge in [-0.25, -0.2) is 9.18 Å². The Morgan fingerprint density at radius 2 is 1.84 bits per heavy atom. The lowest BCUT2D eigenvalue weighted by Gasteiger charge is -2.09. The lowest BCUT2D eigenvalue weighted by molar-refractivity contribution is -0.150. The Morgan fingerprint density at radius 1 is 1.08 bits per heavy atom. The molecule has 0 aliphatic heterocycles. The minimum Gasteiger partial charge on any atom is -0.480 e. The van der Waals surface area contributed by atoms with Crippen molar-refractivity contribution in [1.29, 1.82) is 0 Å².